The first-order valence-electron chi connectivity index (χ1n) is 11.3. The average molecular weight is 503 g/mol. The van der Waals surface area contributed by atoms with Crippen molar-refractivity contribution in [2.75, 3.05) is 6.54 Å². The molecule has 2 amide bonds. The largest absolute Gasteiger partial charge is 0.355 e. The number of rotatable bonds is 6. The summed E-state index contributed by atoms with van der Waals surface area (Å²) >= 11 is 7.20. The minimum absolute atomic E-state index is 0.115. The lowest BCUT2D eigenvalue weighted by atomic mass is 10.1. The maximum atomic E-state index is 13.5. The maximum Gasteiger partial charge on any atom is 0.263 e. The number of hydrogen-bond donors (Lipinski definition) is 1. The molecule has 2 aliphatic rings. The van der Waals surface area contributed by atoms with Crippen LogP contribution in [0.3, 0.4) is 0 Å². The van der Waals surface area contributed by atoms with Crippen LogP contribution in [-0.2, 0) is 16.0 Å². The maximum absolute atomic E-state index is 13.5. The van der Waals surface area contributed by atoms with Crippen LogP contribution < -0.4 is 5.32 Å². The molecule has 0 unspecified atom stereocenters. The van der Waals surface area contributed by atoms with Gasteiger partial charge < -0.3 is 5.32 Å². The van der Waals surface area contributed by atoms with Gasteiger partial charge in [0, 0.05) is 17.1 Å². The minimum Gasteiger partial charge on any atom is -0.355 e. The Bertz CT molecular complexity index is 1320. The number of fused-ring (bicyclic) bond motifs is 3. The number of amidine groups is 2. The number of carbonyl (C=O) groups is 2. The third kappa shape index (κ3) is 4.88. The number of nitrogens with zero attached hydrogens (tertiary/aromatic N) is 3. The molecule has 3 aromatic carbocycles. The topological polar surface area (TPSA) is 74.1 Å². The van der Waals surface area contributed by atoms with Crippen molar-refractivity contribution in [2.45, 2.75) is 24.6 Å². The van der Waals surface area contributed by atoms with Gasteiger partial charge in [0.2, 0.25) is 5.91 Å². The average Bonchev–Trinajstić information content (AvgIpc) is 3.23. The molecule has 2 atom stereocenters. The summed E-state index contributed by atoms with van der Waals surface area (Å²) < 4.78 is 0. The van der Waals surface area contributed by atoms with Crippen molar-refractivity contribution in [3.63, 3.8) is 0 Å². The zero-order chi connectivity index (χ0) is 24.4. The summed E-state index contributed by atoms with van der Waals surface area (Å²) in [6.45, 7) is 2.32. The molecule has 176 valence electrons. The number of para-hydroxylation sites is 1. The van der Waals surface area contributed by atoms with E-state index in [1.165, 1.54) is 11.8 Å². The predicted octanol–water partition coefficient (Wildman–Crippen LogP) is 5.15. The molecule has 0 saturated heterocycles. The number of halogens is 1. The quantitative estimate of drug-likeness (QED) is 0.506. The molecular formula is C27H23ClN4O2S. The highest BCUT2D eigenvalue weighted by atomic mass is 35.5. The highest BCUT2D eigenvalue weighted by Gasteiger charge is 2.42. The van der Waals surface area contributed by atoms with Crippen molar-refractivity contribution >= 4 is 51.9 Å². The molecule has 5 rings (SSSR count). The highest BCUT2D eigenvalue weighted by Crippen LogP contribution is 2.38. The van der Waals surface area contributed by atoms with Gasteiger partial charge in [0.25, 0.3) is 5.91 Å². The molecule has 0 aromatic heterocycles. The number of aliphatic imine (C=N–C) groups is 2. The van der Waals surface area contributed by atoms with Crippen LogP contribution in [-0.4, -0.2) is 39.5 Å². The lowest BCUT2D eigenvalue weighted by molar-refractivity contribution is -0.124. The van der Waals surface area contributed by atoms with Gasteiger partial charge in [-0.2, -0.15) is 0 Å². The van der Waals surface area contributed by atoms with Crippen LogP contribution in [0.4, 0.5) is 5.69 Å². The van der Waals surface area contributed by atoms with Crippen LogP contribution in [0, 0.1) is 0 Å². The summed E-state index contributed by atoms with van der Waals surface area (Å²) in [7, 11) is 0. The molecule has 0 spiro atoms. The van der Waals surface area contributed by atoms with Crippen LogP contribution >= 0.6 is 23.4 Å². The molecule has 0 aliphatic carbocycles. The molecule has 35 heavy (non-hydrogen) atoms. The number of thioether (sulfide) groups is 1. The smallest absolute Gasteiger partial charge is 0.263 e. The monoisotopic (exact) mass is 502 g/mol. The van der Waals surface area contributed by atoms with E-state index < -0.39 is 11.3 Å². The van der Waals surface area contributed by atoms with E-state index in [0.29, 0.717) is 29.0 Å². The number of benzene rings is 3. The van der Waals surface area contributed by atoms with Crippen LogP contribution in [0.5, 0.6) is 0 Å². The van der Waals surface area contributed by atoms with E-state index in [1.807, 2.05) is 85.8 Å². The Balaban J connectivity index is 1.32. The van der Waals surface area contributed by atoms with Gasteiger partial charge in [-0.05, 0) is 48.7 Å². The van der Waals surface area contributed by atoms with Crippen LogP contribution in [0.15, 0.2) is 88.8 Å². The van der Waals surface area contributed by atoms with E-state index in [9.17, 15) is 9.59 Å². The van der Waals surface area contributed by atoms with E-state index in [4.69, 9.17) is 21.6 Å². The Hall–Kier alpha value is -3.42. The zero-order valence-electron chi connectivity index (χ0n) is 19.0. The van der Waals surface area contributed by atoms with Gasteiger partial charge in [-0.15, -0.1) is 0 Å². The summed E-state index contributed by atoms with van der Waals surface area (Å²) in [6.07, 6.45) is 0.703. The van der Waals surface area contributed by atoms with Gasteiger partial charge in [-0.3, -0.25) is 9.59 Å². The first-order chi connectivity index (χ1) is 17.0. The Morgan fingerprint density at radius 2 is 1.77 bits per heavy atom. The van der Waals surface area contributed by atoms with E-state index in [2.05, 4.69) is 5.32 Å². The first kappa shape index (κ1) is 23.3. The summed E-state index contributed by atoms with van der Waals surface area (Å²) in [5.74, 6) is 0.296. The van der Waals surface area contributed by atoms with E-state index >= 15 is 0 Å². The van der Waals surface area contributed by atoms with Crippen LogP contribution in [0.1, 0.15) is 29.7 Å². The van der Waals surface area contributed by atoms with Crippen molar-refractivity contribution in [3.05, 3.63) is 101 Å². The normalized spacial score (nSPS) is 17.3. The Labute approximate surface area is 213 Å². The molecule has 0 bridgehead atoms. The fourth-order valence-corrected chi connectivity index (χ4v) is 5.08. The van der Waals surface area contributed by atoms with E-state index in [1.54, 1.807) is 4.90 Å². The van der Waals surface area contributed by atoms with Gasteiger partial charge in [-0.1, -0.05) is 78.0 Å². The molecule has 0 radical (unpaired) electrons. The minimum atomic E-state index is -0.633. The van der Waals surface area contributed by atoms with Gasteiger partial charge >= 0.3 is 0 Å². The van der Waals surface area contributed by atoms with Gasteiger partial charge in [0.05, 0.1) is 10.9 Å². The fraction of sp³-hybridized carbons (Fsp3) is 0.185. The van der Waals surface area contributed by atoms with Crippen LogP contribution in [0.2, 0.25) is 5.02 Å². The van der Waals surface area contributed by atoms with E-state index in [-0.39, 0.29) is 11.8 Å². The third-order valence-electron chi connectivity index (χ3n) is 5.86. The second kappa shape index (κ2) is 10.1. The van der Waals surface area contributed by atoms with E-state index in [0.717, 1.165) is 22.4 Å². The summed E-state index contributed by atoms with van der Waals surface area (Å²) in [5.41, 5.74) is 3.47. The summed E-state index contributed by atoms with van der Waals surface area (Å²) in [6, 6.07) is 24.1. The predicted molar refractivity (Wildman–Crippen MR) is 141 cm³/mol. The van der Waals surface area contributed by atoms with Crippen molar-refractivity contribution < 1.29 is 9.59 Å². The Morgan fingerprint density at radius 1 is 1.06 bits per heavy atom. The SMILES string of the molecule is C[C@H](SC1=Nc2ccccc2C2=N[C@H](c3ccccc3)C(=O)N12)C(=O)NCCc1ccc(Cl)cc1. The van der Waals surface area contributed by atoms with Crippen LogP contribution in [0.25, 0.3) is 0 Å². The molecular weight excluding hydrogens is 480 g/mol. The van der Waals surface area contributed by atoms with Crippen molar-refractivity contribution in [1.82, 2.24) is 10.2 Å². The number of amides is 2. The lowest BCUT2D eigenvalue weighted by Crippen LogP contribution is -2.42. The second-order valence-corrected chi connectivity index (χ2v) is 10.0. The van der Waals surface area contributed by atoms with Gasteiger partial charge in [-0.25, -0.2) is 14.9 Å². The van der Waals surface area contributed by atoms with Crippen molar-refractivity contribution in [3.8, 4) is 0 Å². The molecule has 8 heteroatoms. The first-order valence-corrected chi connectivity index (χ1v) is 12.6. The standard InChI is InChI=1S/C27H23ClN4O2S/c1-17(25(33)29-16-15-18-11-13-20(28)14-12-18)35-27-30-22-10-6-5-9-21(22)24-31-23(26(34)32(24)27)19-7-3-2-4-8-19/h2-14,17,23H,15-16H2,1H3,(H,29,33)/t17-,23+/m0/s1. The third-order valence-corrected chi connectivity index (χ3v) is 7.17. The molecule has 0 fully saturated rings. The van der Waals surface area contributed by atoms with Crippen molar-refractivity contribution in [1.29, 1.82) is 0 Å². The number of carbonyl (C=O) groups excluding carboxylic acids is 2. The van der Waals surface area contributed by atoms with Gasteiger partial charge in [0.1, 0.15) is 5.84 Å². The lowest BCUT2D eigenvalue weighted by Gasteiger charge is -2.26. The summed E-state index contributed by atoms with van der Waals surface area (Å²) in [5, 5.41) is 3.68. The molecule has 0 saturated carbocycles. The molecule has 3 aromatic rings. The Morgan fingerprint density at radius 3 is 2.54 bits per heavy atom. The fourth-order valence-electron chi connectivity index (χ4n) is 4.02. The second-order valence-electron chi connectivity index (χ2n) is 8.28. The highest BCUT2D eigenvalue weighted by molar-refractivity contribution is 8.15. The zero-order valence-corrected chi connectivity index (χ0v) is 20.6. The van der Waals surface area contributed by atoms with Crippen molar-refractivity contribution in [2.24, 2.45) is 9.98 Å². The summed E-state index contributed by atoms with van der Waals surface area (Å²) in [4.78, 5) is 37.4. The molecule has 2 heterocycles. The number of nitrogens with one attached hydrogen (secondary N) is 1. The molecule has 6 nitrogen and oxygen atoms in total. The number of hydrogen-bond acceptors (Lipinski definition) is 5. The Kier molecular flexibility index (Phi) is 6.70. The molecule has 2 aliphatic heterocycles. The van der Waals surface area contributed by atoms with Gasteiger partial charge in [0.15, 0.2) is 11.2 Å². The molecule has 1 N–H and O–H groups in total.